The monoisotopic (exact) mass is 417 g/mol. The minimum absolute atomic E-state index is 0.173. The Morgan fingerprint density at radius 2 is 2.13 bits per heavy atom. The second-order valence-corrected chi connectivity index (χ2v) is 9.43. The van der Waals surface area contributed by atoms with E-state index in [9.17, 15) is 5.11 Å². The first-order valence-corrected chi connectivity index (χ1v) is 11.9. The Labute approximate surface area is 187 Å². The zero-order chi connectivity index (χ0) is 21.7. The fraction of sp³-hybridized carbons (Fsp3) is 0.536. The van der Waals surface area contributed by atoms with Gasteiger partial charge in [0.25, 0.3) is 0 Å². The van der Waals surface area contributed by atoms with Gasteiger partial charge in [-0.05, 0) is 86.1 Å². The summed E-state index contributed by atoms with van der Waals surface area (Å²) in [5.74, 6) is 7.53. The van der Waals surface area contributed by atoms with Crippen LogP contribution in [0.25, 0.3) is 0 Å². The smallest absolute Gasteiger partial charge is 0.125 e. The normalized spacial score (nSPS) is 26.9. The molecule has 164 valence electrons. The van der Waals surface area contributed by atoms with Crippen molar-refractivity contribution in [1.29, 1.82) is 0 Å². The maximum Gasteiger partial charge on any atom is 0.125 e. The lowest BCUT2D eigenvalue weighted by atomic mass is 9.53. The summed E-state index contributed by atoms with van der Waals surface area (Å²) in [7, 11) is 0. The molecule has 1 heterocycles. The fourth-order valence-corrected chi connectivity index (χ4v) is 5.90. The van der Waals surface area contributed by atoms with Gasteiger partial charge in [0.05, 0.1) is 0 Å². The number of pyridine rings is 1. The first-order valence-electron chi connectivity index (χ1n) is 11.9. The van der Waals surface area contributed by atoms with E-state index in [0.717, 1.165) is 43.4 Å². The maximum atomic E-state index is 11.1. The van der Waals surface area contributed by atoms with E-state index < -0.39 is 5.60 Å². The van der Waals surface area contributed by atoms with E-state index in [0.29, 0.717) is 12.5 Å². The summed E-state index contributed by atoms with van der Waals surface area (Å²) < 4.78 is 6.09. The molecule has 3 heteroatoms. The lowest BCUT2D eigenvalue weighted by Gasteiger charge is -2.52. The molecule has 0 bridgehead atoms. The van der Waals surface area contributed by atoms with Gasteiger partial charge in [-0.2, -0.15) is 0 Å². The van der Waals surface area contributed by atoms with Crippen LogP contribution in [0.2, 0.25) is 0 Å². The van der Waals surface area contributed by atoms with E-state index in [1.807, 2.05) is 25.3 Å². The molecule has 0 saturated heterocycles. The van der Waals surface area contributed by atoms with E-state index in [1.165, 1.54) is 36.8 Å². The summed E-state index contributed by atoms with van der Waals surface area (Å²) in [6, 6.07) is 10.7. The lowest BCUT2D eigenvalue weighted by molar-refractivity contribution is -0.0115. The third kappa shape index (κ3) is 4.65. The van der Waals surface area contributed by atoms with E-state index in [-0.39, 0.29) is 5.41 Å². The highest BCUT2D eigenvalue weighted by Gasteiger charge is 2.50. The Morgan fingerprint density at radius 3 is 2.90 bits per heavy atom. The van der Waals surface area contributed by atoms with Gasteiger partial charge in [-0.1, -0.05) is 44.2 Å². The molecule has 2 aliphatic carbocycles. The average molecular weight is 418 g/mol. The molecule has 0 spiro atoms. The van der Waals surface area contributed by atoms with Crippen molar-refractivity contribution >= 4 is 0 Å². The number of rotatable bonds is 7. The molecule has 2 aromatic rings. The molecule has 0 amide bonds. The largest absolute Gasteiger partial charge is 0.489 e. The number of aryl methyl sites for hydroxylation is 1. The Bertz CT molecular complexity index is 944. The minimum Gasteiger partial charge on any atom is -0.489 e. The molecule has 1 N–H and O–H groups in total. The van der Waals surface area contributed by atoms with Gasteiger partial charge >= 0.3 is 0 Å². The molecule has 31 heavy (non-hydrogen) atoms. The number of unbranched alkanes of at least 4 members (excludes halogenated alkanes) is 2. The van der Waals surface area contributed by atoms with Crippen molar-refractivity contribution in [3.05, 3.63) is 59.4 Å². The fourth-order valence-electron chi connectivity index (χ4n) is 5.90. The molecule has 1 fully saturated rings. The summed E-state index contributed by atoms with van der Waals surface area (Å²) in [4.78, 5) is 4.17. The van der Waals surface area contributed by atoms with Crippen LogP contribution >= 0.6 is 0 Å². The molecule has 1 saturated carbocycles. The van der Waals surface area contributed by atoms with Crippen LogP contribution in [0.5, 0.6) is 5.75 Å². The van der Waals surface area contributed by atoms with Crippen molar-refractivity contribution in [2.45, 2.75) is 89.3 Å². The third-order valence-corrected chi connectivity index (χ3v) is 7.44. The van der Waals surface area contributed by atoms with E-state index in [1.54, 1.807) is 6.20 Å². The summed E-state index contributed by atoms with van der Waals surface area (Å²) in [6.07, 6.45) is 13.4. The molecule has 3 atom stereocenters. The molecule has 0 radical (unpaired) electrons. The van der Waals surface area contributed by atoms with Gasteiger partial charge in [0.1, 0.15) is 18.0 Å². The van der Waals surface area contributed by atoms with E-state index in [2.05, 4.69) is 41.9 Å². The highest BCUT2D eigenvalue weighted by atomic mass is 16.5. The van der Waals surface area contributed by atoms with Crippen LogP contribution in [0.3, 0.4) is 0 Å². The Kier molecular flexibility index (Phi) is 6.68. The van der Waals surface area contributed by atoms with Gasteiger partial charge < -0.3 is 9.84 Å². The first kappa shape index (κ1) is 21.9. The third-order valence-electron chi connectivity index (χ3n) is 7.44. The molecule has 2 aliphatic rings. The van der Waals surface area contributed by atoms with Crippen molar-refractivity contribution in [2.75, 3.05) is 0 Å². The van der Waals surface area contributed by atoms with Crippen molar-refractivity contribution in [3.8, 4) is 17.6 Å². The van der Waals surface area contributed by atoms with Crippen LogP contribution < -0.4 is 4.74 Å². The maximum absolute atomic E-state index is 11.1. The van der Waals surface area contributed by atoms with Crippen molar-refractivity contribution < 1.29 is 9.84 Å². The zero-order valence-corrected chi connectivity index (χ0v) is 19.0. The molecule has 4 rings (SSSR count). The number of nitrogens with zero attached hydrogens (tertiary/aromatic N) is 1. The van der Waals surface area contributed by atoms with Gasteiger partial charge in [-0.15, -0.1) is 5.92 Å². The van der Waals surface area contributed by atoms with Crippen molar-refractivity contribution in [1.82, 2.24) is 4.98 Å². The molecular formula is C28H35NO2. The van der Waals surface area contributed by atoms with Crippen LogP contribution in [0.15, 0.2) is 42.7 Å². The summed E-state index contributed by atoms with van der Waals surface area (Å²) in [5, 5.41) is 11.1. The minimum atomic E-state index is -0.808. The molecule has 0 aliphatic heterocycles. The summed E-state index contributed by atoms with van der Waals surface area (Å²) in [5.41, 5.74) is 3.38. The van der Waals surface area contributed by atoms with E-state index >= 15 is 0 Å². The van der Waals surface area contributed by atoms with Crippen LogP contribution in [0.1, 0.15) is 81.9 Å². The second-order valence-electron chi connectivity index (χ2n) is 9.43. The number of benzene rings is 1. The Balaban J connectivity index is 1.59. The van der Waals surface area contributed by atoms with Crippen LogP contribution in [0, 0.1) is 17.8 Å². The topological polar surface area (TPSA) is 42.4 Å². The average Bonchev–Trinajstić information content (AvgIpc) is 2.79. The number of fused-ring (bicyclic) bond motifs is 3. The van der Waals surface area contributed by atoms with Crippen LogP contribution in [0.4, 0.5) is 0 Å². The lowest BCUT2D eigenvalue weighted by Crippen LogP contribution is -2.49. The molecule has 1 aromatic carbocycles. The van der Waals surface area contributed by atoms with Gasteiger partial charge in [0.15, 0.2) is 0 Å². The van der Waals surface area contributed by atoms with Crippen LogP contribution in [-0.2, 0) is 18.4 Å². The summed E-state index contributed by atoms with van der Waals surface area (Å²) >= 11 is 0. The predicted molar refractivity (Wildman–Crippen MR) is 125 cm³/mol. The number of aliphatic hydroxyl groups is 1. The van der Waals surface area contributed by atoms with Gasteiger partial charge in [-0.3, -0.25) is 4.98 Å². The Morgan fingerprint density at radius 1 is 1.23 bits per heavy atom. The summed E-state index contributed by atoms with van der Waals surface area (Å²) in [6.45, 7) is 4.65. The molecule has 1 aromatic heterocycles. The standard InChI is InChI=1S/C28H35NO2/c1-3-5-6-14-28-16-15-27(30,13-4-2)19-24(28)10-9-23-18-25(11-12-26(23)28)31-21-22-8-7-17-29-20-22/h7-8,11-12,17-18,20,24,30H,3,5-6,9-10,14-16,19,21H2,1-2H3/t24-,27-,28-/m1/s1. The molecule has 0 unspecified atom stereocenters. The van der Waals surface area contributed by atoms with Crippen LogP contribution in [-0.4, -0.2) is 15.7 Å². The predicted octanol–water partition coefficient (Wildman–Crippen LogP) is 5.98. The zero-order valence-electron chi connectivity index (χ0n) is 19.0. The highest BCUT2D eigenvalue weighted by Crippen LogP contribution is 2.55. The van der Waals surface area contributed by atoms with E-state index in [4.69, 9.17) is 4.74 Å². The number of ether oxygens (including phenoxy) is 1. The number of hydrogen-bond acceptors (Lipinski definition) is 3. The van der Waals surface area contributed by atoms with Gasteiger partial charge in [-0.25, -0.2) is 0 Å². The Hall–Kier alpha value is -2.31. The van der Waals surface area contributed by atoms with Gasteiger partial charge in [0.2, 0.25) is 0 Å². The van der Waals surface area contributed by atoms with Crippen molar-refractivity contribution in [2.24, 2.45) is 5.92 Å². The quantitative estimate of drug-likeness (QED) is 0.445. The second kappa shape index (κ2) is 9.45. The first-order chi connectivity index (χ1) is 15.1. The number of aromatic nitrogens is 1. The van der Waals surface area contributed by atoms with Crippen molar-refractivity contribution in [3.63, 3.8) is 0 Å². The highest BCUT2D eigenvalue weighted by molar-refractivity contribution is 5.44. The number of hydrogen-bond donors (Lipinski definition) is 1. The molecular weight excluding hydrogens is 382 g/mol. The SMILES string of the molecule is CC#C[C@@]1(O)CC[C@@]2(CCCCC)c3ccc(OCc4cccnc4)cc3CC[C@@H]2C1. The van der Waals surface area contributed by atoms with Gasteiger partial charge in [0, 0.05) is 18.0 Å². The molecule has 3 nitrogen and oxygen atoms in total.